The lowest BCUT2D eigenvalue weighted by atomic mass is 10.2. The summed E-state index contributed by atoms with van der Waals surface area (Å²) in [5, 5.41) is 3.20. The van der Waals surface area contributed by atoms with Crippen molar-refractivity contribution >= 4 is 38.8 Å². The van der Waals surface area contributed by atoms with Crippen LogP contribution in [-0.2, 0) is 10.0 Å². The molecule has 1 aliphatic rings. The van der Waals surface area contributed by atoms with Crippen molar-refractivity contribution in [2.75, 3.05) is 38.1 Å². The number of anilines is 2. The van der Waals surface area contributed by atoms with E-state index in [1.54, 1.807) is 35.4 Å². The SMILES string of the molecule is CCOc1ccc(Nc2ncccc2C(=O)N2CCN(S(=O)(=O)c3ccc(C)s3)CC2)cc1. The lowest BCUT2D eigenvalue weighted by molar-refractivity contribution is 0.0698. The van der Waals surface area contributed by atoms with Crippen LogP contribution >= 0.6 is 11.3 Å². The van der Waals surface area contributed by atoms with E-state index in [0.29, 0.717) is 35.3 Å². The fourth-order valence-corrected chi connectivity index (χ4v) is 6.46. The van der Waals surface area contributed by atoms with E-state index in [4.69, 9.17) is 4.74 Å². The van der Waals surface area contributed by atoms with Crippen LogP contribution in [0.5, 0.6) is 5.75 Å². The average molecular weight is 487 g/mol. The minimum absolute atomic E-state index is 0.180. The summed E-state index contributed by atoms with van der Waals surface area (Å²) in [6.45, 7) is 5.55. The Labute approximate surface area is 197 Å². The Morgan fingerprint density at radius 2 is 1.82 bits per heavy atom. The van der Waals surface area contributed by atoms with Gasteiger partial charge in [-0.05, 0) is 62.4 Å². The van der Waals surface area contributed by atoms with Gasteiger partial charge in [0.2, 0.25) is 0 Å². The summed E-state index contributed by atoms with van der Waals surface area (Å²) in [6.07, 6.45) is 1.63. The molecule has 1 fully saturated rings. The first kappa shape index (κ1) is 23.2. The van der Waals surface area contributed by atoms with Gasteiger partial charge in [0.1, 0.15) is 15.8 Å². The quantitative estimate of drug-likeness (QED) is 0.547. The maximum atomic E-state index is 13.2. The highest BCUT2D eigenvalue weighted by molar-refractivity contribution is 7.91. The van der Waals surface area contributed by atoms with Gasteiger partial charge in [0.05, 0.1) is 12.2 Å². The number of aryl methyl sites for hydroxylation is 1. The number of benzene rings is 1. The summed E-state index contributed by atoms with van der Waals surface area (Å²) in [5.41, 5.74) is 1.23. The molecule has 33 heavy (non-hydrogen) atoms. The highest BCUT2D eigenvalue weighted by atomic mass is 32.2. The van der Waals surface area contributed by atoms with Crippen molar-refractivity contribution in [2.45, 2.75) is 18.1 Å². The van der Waals surface area contributed by atoms with E-state index in [1.165, 1.54) is 15.6 Å². The molecule has 0 saturated carbocycles. The molecule has 3 aromatic rings. The number of carbonyl (C=O) groups is 1. The van der Waals surface area contributed by atoms with Gasteiger partial charge in [0.15, 0.2) is 0 Å². The zero-order chi connectivity index (χ0) is 23.4. The second kappa shape index (κ2) is 9.90. The zero-order valence-electron chi connectivity index (χ0n) is 18.5. The van der Waals surface area contributed by atoms with Crippen LogP contribution in [0.15, 0.2) is 58.9 Å². The van der Waals surface area contributed by atoms with Crippen molar-refractivity contribution < 1.29 is 17.9 Å². The molecule has 1 aromatic carbocycles. The van der Waals surface area contributed by atoms with E-state index in [2.05, 4.69) is 10.3 Å². The molecule has 1 N–H and O–H groups in total. The molecule has 0 aliphatic carbocycles. The van der Waals surface area contributed by atoms with Crippen LogP contribution < -0.4 is 10.1 Å². The number of carbonyl (C=O) groups excluding carboxylic acids is 1. The molecule has 0 spiro atoms. The molecule has 174 valence electrons. The van der Waals surface area contributed by atoms with E-state index in [-0.39, 0.29) is 19.0 Å². The third kappa shape index (κ3) is 5.18. The van der Waals surface area contributed by atoms with E-state index in [9.17, 15) is 13.2 Å². The van der Waals surface area contributed by atoms with Crippen LogP contribution in [0.25, 0.3) is 0 Å². The average Bonchev–Trinajstić information content (AvgIpc) is 3.28. The highest BCUT2D eigenvalue weighted by Crippen LogP contribution is 2.26. The molecule has 0 radical (unpaired) electrons. The van der Waals surface area contributed by atoms with Crippen LogP contribution in [0.4, 0.5) is 11.5 Å². The molecule has 0 bridgehead atoms. The predicted octanol–water partition coefficient (Wildman–Crippen LogP) is 3.74. The summed E-state index contributed by atoms with van der Waals surface area (Å²) in [6, 6.07) is 14.3. The number of nitrogens with one attached hydrogen (secondary N) is 1. The molecule has 0 atom stereocenters. The molecule has 8 nitrogen and oxygen atoms in total. The Hall–Kier alpha value is -2.95. The number of piperazine rings is 1. The van der Waals surface area contributed by atoms with E-state index >= 15 is 0 Å². The van der Waals surface area contributed by atoms with Gasteiger partial charge in [0.25, 0.3) is 15.9 Å². The van der Waals surface area contributed by atoms with Crippen molar-refractivity contribution in [1.82, 2.24) is 14.2 Å². The summed E-state index contributed by atoms with van der Waals surface area (Å²) in [5.74, 6) is 1.04. The first-order valence-electron chi connectivity index (χ1n) is 10.7. The van der Waals surface area contributed by atoms with Gasteiger partial charge in [-0.3, -0.25) is 4.79 Å². The minimum Gasteiger partial charge on any atom is -0.494 e. The van der Waals surface area contributed by atoms with Crippen molar-refractivity contribution in [2.24, 2.45) is 0 Å². The number of sulfonamides is 1. The molecule has 4 rings (SSSR count). The van der Waals surface area contributed by atoms with Crippen LogP contribution in [-0.4, -0.2) is 61.3 Å². The number of pyridine rings is 1. The largest absolute Gasteiger partial charge is 0.494 e. The molecule has 10 heteroatoms. The second-order valence-corrected chi connectivity index (χ2v) is 11.0. The number of ether oxygens (including phenoxy) is 1. The molecular weight excluding hydrogens is 460 g/mol. The molecule has 2 aromatic heterocycles. The summed E-state index contributed by atoms with van der Waals surface area (Å²) >= 11 is 1.26. The number of hydrogen-bond acceptors (Lipinski definition) is 7. The fraction of sp³-hybridized carbons (Fsp3) is 0.304. The van der Waals surface area contributed by atoms with Gasteiger partial charge >= 0.3 is 0 Å². The zero-order valence-corrected chi connectivity index (χ0v) is 20.2. The number of thiophene rings is 1. The number of aromatic nitrogens is 1. The van der Waals surface area contributed by atoms with Crippen molar-refractivity contribution in [3.05, 3.63) is 65.2 Å². The van der Waals surface area contributed by atoms with Crippen LogP contribution in [0, 0.1) is 6.92 Å². The van der Waals surface area contributed by atoms with Gasteiger partial charge in [0, 0.05) is 42.9 Å². The van der Waals surface area contributed by atoms with Crippen molar-refractivity contribution in [1.29, 1.82) is 0 Å². The summed E-state index contributed by atoms with van der Waals surface area (Å²) < 4.78 is 33.0. The summed E-state index contributed by atoms with van der Waals surface area (Å²) in [4.78, 5) is 20.2. The number of nitrogens with zero attached hydrogens (tertiary/aromatic N) is 3. The predicted molar refractivity (Wildman–Crippen MR) is 129 cm³/mol. The smallest absolute Gasteiger partial charge is 0.257 e. The van der Waals surface area contributed by atoms with Gasteiger partial charge in [-0.15, -0.1) is 11.3 Å². The molecular formula is C23H26N4O4S2. The third-order valence-corrected chi connectivity index (χ3v) is 8.67. The lowest BCUT2D eigenvalue weighted by Crippen LogP contribution is -2.50. The van der Waals surface area contributed by atoms with E-state index < -0.39 is 10.0 Å². The van der Waals surface area contributed by atoms with Crippen molar-refractivity contribution in [3.63, 3.8) is 0 Å². The van der Waals surface area contributed by atoms with E-state index in [1.807, 2.05) is 38.1 Å². The molecule has 1 aliphatic heterocycles. The Balaban J connectivity index is 1.44. The highest BCUT2D eigenvalue weighted by Gasteiger charge is 2.32. The van der Waals surface area contributed by atoms with Crippen molar-refractivity contribution in [3.8, 4) is 5.75 Å². The Kier molecular flexibility index (Phi) is 6.96. The molecule has 3 heterocycles. The Bertz CT molecular complexity index is 1220. The van der Waals surface area contributed by atoms with Gasteiger partial charge < -0.3 is 15.0 Å². The van der Waals surface area contributed by atoms with Gasteiger partial charge in [-0.2, -0.15) is 4.31 Å². The lowest BCUT2D eigenvalue weighted by Gasteiger charge is -2.34. The normalized spacial score (nSPS) is 14.8. The minimum atomic E-state index is -3.53. The molecule has 1 saturated heterocycles. The number of amides is 1. The first-order chi connectivity index (χ1) is 15.9. The van der Waals surface area contributed by atoms with Crippen LogP contribution in [0.2, 0.25) is 0 Å². The van der Waals surface area contributed by atoms with Gasteiger partial charge in [-0.25, -0.2) is 13.4 Å². The molecule has 1 amide bonds. The Morgan fingerprint density at radius 3 is 2.45 bits per heavy atom. The van der Waals surface area contributed by atoms with E-state index in [0.717, 1.165) is 16.3 Å². The second-order valence-electron chi connectivity index (χ2n) is 7.54. The molecule has 0 unspecified atom stereocenters. The van der Waals surface area contributed by atoms with Crippen LogP contribution in [0.3, 0.4) is 0 Å². The maximum Gasteiger partial charge on any atom is 0.257 e. The standard InChI is InChI=1S/C23H26N4O4S2/c1-3-31-19-9-7-18(8-10-19)25-22-20(5-4-12-24-22)23(28)26-13-15-27(16-14-26)33(29,30)21-11-6-17(2)32-21/h4-12H,3,13-16H2,1-2H3,(H,24,25). The third-order valence-electron chi connectivity index (χ3n) is 5.30. The summed E-state index contributed by atoms with van der Waals surface area (Å²) in [7, 11) is -3.53. The number of hydrogen-bond donors (Lipinski definition) is 1. The Morgan fingerprint density at radius 1 is 1.09 bits per heavy atom. The monoisotopic (exact) mass is 486 g/mol. The van der Waals surface area contributed by atoms with Crippen LogP contribution in [0.1, 0.15) is 22.2 Å². The maximum absolute atomic E-state index is 13.2. The number of rotatable bonds is 7. The fourth-order valence-electron chi connectivity index (χ4n) is 3.60. The first-order valence-corrected chi connectivity index (χ1v) is 12.9. The van der Waals surface area contributed by atoms with Gasteiger partial charge in [-0.1, -0.05) is 0 Å². The topological polar surface area (TPSA) is 91.8 Å².